The van der Waals surface area contributed by atoms with Gasteiger partial charge < -0.3 is 29.9 Å². The van der Waals surface area contributed by atoms with E-state index in [9.17, 15) is 24.5 Å². The van der Waals surface area contributed by atoms with Crippen molar-refractivity contribution in [2.45, 2.75) is 19.3 Å². The molecule has 1 aliphatic rings. The predicted molar refractivity (Wildman–Crippen MR) is 104 cm³/mol. The Morgan fingerprint density at radius 2 is 2.00 bits per heavy atom. The zero-order valence-electron chi connectivity index (χ0n) is 15.5. The minimum atomic E-state index is -1.06. The highest BCUT2D eigenvalue weighted by molar-refractivity contribution is 6.30. The number of rotatable bonds is 6. The second-order valence-corrected chi connectivity index (χ2v) is 7.01. The molecule has 1 aromatic heterocycles. The third-order valence-corrected chi connectivity index (χ3v) is 4.96. The second-order valence-electron chi connectivity index (χ2n) is 6.57. The van der Waals surface area contributed by atoms with E-state index in [0.717, 1.165) is 0 Å². The molecule has 1 unspecified atom stereocenters. The summed E-state index contributed by atoms with van der Waals surface area (Å²) in [5.41, 5.74) is 0.824. The summed E-state index contributed by atoms with van der Waals surface area (Å²) in [6.07, 6.45) is -1.06. The first-order chi connectivity index (χ1) is 13.9. The number of nitrogens with zero attached hydrogens (tertiary/aromatic N) is 3. The van der Waals surface area contributed by atoms with E-state index in [2.05, 4.69) is 4.98 Å². The molecule has 1 saturated heterocycles. The highest BCUT2D eigenvalue weighted by Crippen LogP contribution is 2.27. The number of hydrogen-bond acceptors (Lipinski definition) is 6. The van der Waals surface area contributed by atoms with E-state index in [1.165, 1.54) is 17.0 Å². The topological polar surface area (TPSA) is 106 Å². The number of pyridine rings is 1. The van der Waals surface area contributed by atoms with Gasteiger partial charge in [-0.05, 0) is 18.2 Å². The van der Waals surface area contributed by atoms with E-state index in [1.54, 1.807) is 23.1 Å². The Kier molecular flexibility index (Phi) is 6.73. The largest absolute Gasteiger partial charge is 0.473 e. The number of carbonyl (C=O) groups is 1. The van der Waals surface area contributed by atoms with Gasteiger partial charge in [0.15, 0.2) is 0 Å². The van der Waals surface area contributed by atoms with E-state index in [0.29, 0.717) is 23.5 Å². The van der Waals surface area contributed by atoms with Crippen molar-refractivity contribution < 1.29 is 29.2 Å². The summed E-state index contributed by atoms with van der Waals surface area (Å²) in [6.45, 7) is 0.0128. The van der Waals surface area contributed by atoms with Gasteiger partial charge in [-0.15, -0.1) is 0 Å². The molecule has 1 aliphatic heterocycles. The number of amides is 1. The molecule has 2 aromatic rings. The minimum absolute atomic E-state index is 0.0653. The molecule has 10 heteroatoms. The quantitative estimate of drug-likeness (QED) is 0.650. The molecular formula is C19H21ClFN3O5. The Labute approximate surface area is 171 Å². The number of aromatic nitrogens is 1. The van der Waals surface area contributed by atoms with Gasteiger partial charge in [-0.2, -0.15) is 4.98 Å². The Morgan fingerprint density at radius 3 is 2.66 bits per heavy atom. The summed E-state index contributed by atoms with van der Waals surface area (Å²) in [5, 5.41) is 28.9. The summed E-state index contributed by atoms with van der Waals surface area (Å²) >= 11 is 5.75. The third-order valence-electron chi connectivity index (χ3n) is 4.73. The van der Waals surface area contributed by atoms with Crippen molar-refractivity contribution in [2.75, 3.05) is 31.1 Å². The average Bonchev–Trinajstić information content (AvgIpc) is 2.72. The lowest BCUT2D eigenvalue weighted by Crippen LogP contribution is -2.56. The van der Waals surface area contributed by atoms with Crippen LogP contribution in [0.5, 0.6) is 5.88 Å². The average molecular weight is 426 g/mol. The fourth-order valence-electron chi connectivity index (χ4n) is 3.17. The van der Waals surface area contributed by atoms with Crippen molar-refractivity contribution in [1.82, 2.24) is 9.88 Å². The molecule has 0 aliphatic carbocycles. The van der Waals surface area contributed by atoms with Crippen molar-refractivity contribution >= 4 is 23.5 Å². The molecule has 29 heavy (non-hydrogen) atoms. The molecule has 0 saturated carbocycles. The van der Waals surface area contributed by atoms with Gasteiger partial charge in [-0.3, -0.25) is 0 Å². The zero-order valence-corrected chi connectivity index (χ0v) is 16.2. The van der Waals surface area contributed by atoms with Crippen LogP contribution in [0.4, 0.5) is 15.0 Å². The molecule has 8 nitrogen and oxygen atoms in total. The molecule has 0 radical (unpaired) electrons. The van der Waals surface area contributed by atoms with Crippen molar-refractivity contribution in [3.05, 3.63) is 52.3 Å². The molecule has 0 spiro atoms. The molecule has 3 rings (SSSR count). The van der Waals surface area contributed by atoms with Crippen molar-refractivity contribution in [2.24, 2.45) is 0 Å². The first-order valence-corrected chi connectivity index (χ1v) is 9.33. The number of benzene rings is 1. The number of piperazine rings is 1. The molecule has 1 fully saturated rings. The number of carboxylic acid groups (broad SMARTS) is 1. The number of ether oxygens (including phenoxy) is 1. The van der Waals surface area contributed by atoms with Gasteiger partial charge in [0.25, 0.3) is 0 Å². The molecule has 3 N–H and O–H groups in total. The van der Waals surface area contributed by atoms with Gasteiger partial charge in [0.2, 0.25) is 5.88 Å². The predicted octanol–water partition coefficient (Wildman–Crippen LogP) is 2.11. The van der Waals surface area contributed by atoms with Crippen LogP contribution in [-0.2, 0) is 13.2 Å². The van der Waals surface area contributed by atoms with Gasteiger partial charge in [0.05, 0.1) is 19.3 Å². The first-order valence-electron chi connectivity index (χ1n) is 8.95. The van der Waals surface area contributed by atoms with E-state index in [-0.39, 0.29) is 43.8 Å². The molecule has 0 bridgehead atoms. The number of hydrogen-bond donors (Lipinski definition) is 3. The maximum Gasteiger partial charge on any atom is 0.407 e. The van der Waals surface area contributed by atoms with Crippen LogP contribution in [0.15, 0.2) is 30.3 Å². The van der Waals surface area contributed by atoms with Crippen LogP contribution < -0.4 is 9.64 Å². The van der Waals surface area contributed by atoms with Crippen LogP contribution >= 0.6 is 11.6 Å². The fourth-order valence-corrected chi connectivity index (χ4v) is 3.33. The third kappa shape index (κ3) is 4.87. The smallest absolute Gasteiger partial charge is 0.407 e. The summed E-state index contributed by atoms with van der Waals surface area (Å²) in [5.74, 6) is 0.115. The Balaban J connectivity index is 1.80. The van der Waals surface area contributed by atoms with Crippen LogP contribution in [-0.4, -0.2) is 63.6 Å². The van der Waals surface area contributed by atoms with Crippen LogP contribution in [0.1, 0.15) is 11.1 Å². The first kappa shape index (κ1) is 21.1. The summed E-state index contributed by atoms with van der Waals surface area (Å²) < 4.78 is 19.5. The number of aliphatic hydroxyl groups is 2. The van der Waals surface area contributed by atoms with Crippen molar-refractivity contribution in [3.8, 4) is 5.88 Å². The van der Waals surface area contributed by atoms with Gasteiger partial charge in [-0.25, -0.2) is 9.18 Å². The Morgan fingerprint density at radius 1 is 1.24 bits per heavy atom. The van der Waals surface area contributed by atoms with E-state index in [4.69, 9.17) is 16.3 Å². The standard InChI is InChI=1S/C19H21ClFN3O5/c20-14-3-1-13(16(21)7-14)11-29-17-4-2-12(9-25)18(22-17)24-6-5-23(19(27)28)8-15(24)10-26/h1-4,7,15,25-26H,5-6,8-11H2,(H,27,28). The highest BCUT2D eigenvalue weighted by atomic mass is 35.5. The van der Waals surface area contributed by atoms with Gasteiger partial charge in [-0.1, -0.05) is 17.7 Å². The summed E-state index contributed by atoms with van der Waals surface area (Å²) in [7, 11) is 0. The Bertz CT molecular complexity index is 885. The SMILES string of the molecule is O=C(O)N1CCN(c2nc(OCc3ccc(Cl)cc3F)ccc2CO)C(CO)C1. The normalized spacial score (nSPS) is 16.8. The molecular weight excluding hydrogens is 405 g/mol. The van der Waals surface area contributed by atoms with Crippen molar-refractivity contribution in [1.29, 1.82) is 0 Å². The van der Waals surface area contributed by atoms with Gasteiger partial charge in [0, 0.05) is 41.9 Å². The van der Waals surface area contributed by atoms with E-state index >= 15 is 0 Å². The molecule has 1 atom stereocenters. The fraction of sp³-hybridized carbons (Fsp3) is 0.368. The molecule has 1 amide bonds. The van der Waals surface area contributed by atoms with Crippen LogP contribution in [0.25, 0.3) is 0 Å². The second kappa shape index (κ2) is 9.25. The molecule has 1 aromatic carbocycles. The summed E-state index contributed by atoms with van der Waals surface area (Å²) in [4.78, 5) is 18.6. The lowest BCUT2D eigenvalue weighted by molar-refractivity contribution is 0.124. The van der Waals surface area contributed by atoms with Crippen LogP contribution in [0.3, 0.4) is 0 Å². The molecule has 2 heterocycles. The monoisotopic (exact) mass is 425 g/mol. The van der Waals surface area contributed by atoms with Crippen LogP contribution in [0, 0.1) is 5.82 Å². The van der Waals surface area contributed by atoms with Gasteiger partial charge >= 0.3 is 6.09 Å². The zero-order chi connectivity index (χ0) is 21.0. The van der Waals surface area contributed by atoms with Gasteiger partial charge in [0.1, 0.15) is 18.2 Å². The number of anilines is 1. The van der Waals surface area contributed by atoms with E-state index < -0.39 is 18.0 Å². The lowest BCUT2D eigenvalue weighted by Gasteiger charge is -2.40. The summed E-state index contributed by atoms with van der Waals surface area (Å²) in [6, 6.07) is 6.96. The van der Waals surface area contributed by atoms with Crippen molar-refractivity contribution in [3.63, 3.8) is 0 Å². The highest BCUT2D eigenvalue weighted by Gasteiger charge is 2.31. The number of aliphatic hydroxyl groups excluding tert-OH is 2. The lowest BCUT2D eigenvalue weighted by atomic mass is 10.1. The molecule has 156 valence electrons. The maximum atomic E-state index is 13.9. The van der Waals surface area contributed by atoms with Crippen LogP contribution in [0.2, 0.25) is 5.02 Å². The number of halogens is 2. The maximum absolute atomic E-state index is 13.9. The minimum Gasteiger partial charge on any atom is -0.473 e. The Hall–Kier alpha value is -2.62. The van der Waals surface area contributed by atoms with E-state index in [1.807, 2.05) is 0 Å².